The Balaban J connectivity index is 2.12. The van der Waals surface area contributed by atoms with Gasteiger partial charge in [0.15, 0.2) is 5.75 Å². The van der Waals surface area contributed by atoms with Crippen molar-refractivity contribution in [1.29, 1.82) is 0 Å². The van der Waals surface area contributed by atoms with Gasteiger partial charge in [0.2, 0.25) is 0 Å². The molecular weight excluding hydrogens is 276 g/mol. The summed E-state index contributed by atoms with van der Waals surface area (Å²) >= 11 is 0. The molecule has 7 heteroatoms. The van der Waals surface area contributed by atoms with Crippen molar-refractivity contribution in [3.8, 4) is 5.75 Å². The van der Waals surface area contributed by atoms with E-state index in [1.807, 2.05) is 6.92 Å². The van der Waals surface area contributed by atoms with Crippen LogP contribution in [0.4, 0.5) is 10.5 Å². The average Bonchev–Trinajstić information content (AvgIpc) is 2.65. The Kier molecular flexibility index (Phi) is 4.64. The minimum Gasteiger partial charge on any atom is -0.505 e. The number of carboxylic acid groups (broad SMARTS) is 1. The van der Waals surface area contributed by atoms with Crippen LogP contribution in [-0.4, -0.2) is 52.9 Å². The second kappa shape index (κ2) is 6.45. The van der Waals surface area contributed by atoms with Crippen molar-refractivity contribution in [3.63, 3.8) is 0 Å². The molecule has 1 aromatic carbocycles. The summed E-state index contributed by atoms with van der Waals surface area (Å²) < 4.78 is 5.46. The fraction of sp³-hybridized carbons (Fsp3) is 0.429. The van der Waals surface area contributed by atoms with Crippen LogP contribution < -0.4 is 5.32 Å². The number of rotatable bonds is 2. The van der Waals surface area contributed by atoms with Gasteiger partial charge in [0.1, 0.15) is 5.56 Å². The molecule has 21 heavy (non-hydrogen) atoms. The molecule has 1 unspecified atom stereocenters. The van der Waals surface area contributed by atoms with Crippen LogP contribution in [0.25, 0.3) is 0 Å². The number of anilines is 1. The number of aromatic carboxylic acids is 1. The van der Waals surface area contributed by atoms with E-state index >= 15 is 0 Å². The first-order chi connectivity index (χ1) is 9.99. The van der Waals surface area contributed by atoms with E-state index in [1.165, 1.54) is 18.2 Å². The van der Waals surface area contributed by atoms with Crippen molar-refractivity contribution in [1.82, 2.24) is 4.90 Å². The monoisotopic (exact) mass is 294 g/mol. The Labute approximate surface area is 122 Å². The number of ether oxygens (including phenoxy) is 1. The maximum absolute atomic E-state index is 12.2. The van der Waals surface area contributed by atoms with Crippen LogP contribution in [0.1, 0.15) is 23.7 Å². The van der Waals surface area contributed by atoms with Gasteiger partial charge in [0.05, 0.1) is 11.8 Å². The molecule has 1 heterocycles. The molecule has 0 aliphatic carbocycles. The van der Waals surface area contributed by atoms with Gasteiger partial charge < -0.3 is 25.2 Å². The summed E-state index contributed by atoms with van der Waals surface area (Å²) in [7, 11) is 0. The van der Waals surface area contributed by atoms with Crippen LogP contribution in [0.5, 0.6) is 5.75 Å². The largest absolute Gasteiger partial charge is 0.505 e. The summed E-state index contributed by atoms with van der Waals surface area (Å²) in [6.07, 6.45) is 0.677. The molecule has 1 fully saturated rings. The van der Waals surface area contributed by atoms with Gasteiger partial charge >= 0.3 is 12.0 Å². The fourth-order valence-corrected chi connectivity index (χ4v) is 2.19. The molecule has 1 aromatic rings. The minimum absolute atomic E-state index is 0.0581. The second-order valence-electron chi connectivity index (χ2n) is 4.92. The van der Waals surface area contributed by atoms with Crippen molar-refractivity contribution in [2.45, 2.75) is 19.4 Å². The number of phenols is 1. The highest BCUT2D eigenvalue weighted by Gasteiger charge is 2.21. The van der Waals surface area contributed by atoms with E-state index in [0.29, 0.717) is 19.7 Å². The number of aromatic hydroxyl groups is 1. The Morgan fingerprint density at radius 3 is 2.90 bits per heavy atom. The molecule has 3 N–H and O–H groups in total. The molecule has 0 bridgehead atoms. The maximum Gasteiger partial charge on any atom is 0.339 e. The maximum atomic E-state index is 12.2. The molecule has 1 aliphatic rings. The number of nitrogens with one attached hydrogen (secondary N) is 1. The third-order valence-corrected chi connectivity index (χ3v) is 3.25. The minimum atomic E-state index is -1.25. The molecule has 7 nitrogen and oxygen atoms in total. The summed E-state index contributed by atoms with van der Waals surface area (Å²) in [5, 5.41) is 21.4. The molecule has 0 aromatic heterocycles. The molecular formula is C14H18N2O5. The summed E-state index contributed by atoms with van der Waals surface area (Å²) in [5.41, 5.74) is -0.168. The fourth-order valence-electron chi connectivity index (χ4n) is 2.19. The number of para-hydroxylation sites is 1. The number of carbonyl (C=O) groups is 2. The SMILES string of the molecule is CC1CN(C(=O)Nc2cccc(C(=O)O)c2O)CCCO1. The van der Waals surface area contributed by atoms with E-state index in [0.717, 1.165) is 6.42 Å². The smallest absolute Gasteiger partial charge is 0.339 e. The molecule has 2 amide bonds. The van der Waals surface area contributed by atoms with Gasteiger partial charge in [-0.3, -0.25) is 0 Å². The lowest BCUT2D eigenvalue weighted by Crippen LogP contribution is -2.38. The van der Waals surface area contributed by atoms with Crippen molar-refractivity contribution < 1.29 is 24.5 Å². The van der Waals surface area contributed by atoms with E-state index in [1.54, 1.807) is 4.90 Å². The standard InChI is InChI=1S/C14H18N2O5/c1-9-8-16(6-3-7-21-9)14(20)15-11-5-2-4-10(12(11)17)13(18)19/h2,4-5,9,17H,3,6-8H2,1H3,(H,15,20)(H,18,19). The van der Waals surface area contributed by atoms with Crippen LogP contribution in [0.3, 0.4) is 0 Å². The number of hydrogen-bond acceptors (Lipinski definition) is 4. The van der Waals surface area contributed by atoms with E-state index in [4.69, 9.17) is 9.84 Å². The Morgan fingerprint density at radius 2 is 2.19 bits per heavy atom. The highest BCUT2D eigenvalue weighted by molar-refractivity contribution is 5.97. The Hall–Kier alpha value is -2.28. The van der Waals surface area contributed by atoms with Crippen molar-refractivity contribution >= 4 is 17.7 Å². The number of urea groups is 1. The molecule has 0 radical (unpaired) electrons. The van der Waals surface area contributed by atoms with Gasteiger partial charge in [0.25, 0.3) is 0 Å². The van der Waals surface area contributed by atoms with Crippen LogP contribution in [0, 0.1) is 0 Å². The van der Waals surface area contributed by atoms with E-state index in [9.17, 15) is 14.7 Å². The molecule has 2 rings (SSSR count). The first-order valence-corrected chi connectivity index (χ1v) is 6.72. The van der Waals surface area contributed by atoms with Crippen molar-refractivity contribution in [2.75, 3.05) is 25.0 Å². The van der Waals surface area contributed by atoms with Crippen molar-refractivity contribution in [2.24, 2.45) is 0 Å². The lowest BCUT2D eigenvalue weighted by Gasteiger charge is -2.22. The molecule has 1 aliphatic heterocycles. The number of carbonyl (C=O) groups excluding carboxylic acids is 1. The first kappa shape index (κ1) is 15.1. The Bertz CT molecular complexity index is 546. The molecule has 0 saturated carbocycles. The molecule has 114 valence electrons. The van der Waals surface area contributed by atoms with E-state index in [-0.39, 0.29) is 23.4 Å². The molecule has 1 atom stereocenters. The molecule has 0 spiro atoms. The van der Waals surface area contributed by atoms with Gasteiger partial charge in [0, 0.05) is 19.7 Å². The highest BCUT2D eigenvalue weighted by atomic mass is 16.5. The summed E-state index contributed by atoms with van der Waals surface area (Å²) in [5.74, 6) is -1.70. The third-order valence-electron chi connectivity index (χ3n) is 3.25. The van der Waals surface area contributed by atoms with Gasteiger partial charge in [-0.2, -0.15) is 0 Å². The van der Waals surface area contributed by atoms with Crippen LogP contribution in [0.2, 0.25) is 0 Å². The topological polar surface area (TPSA) is 99.1 Å². The normalized spacial score (nSPS) is 18.9. The third kappa shape index (κ3) is 3.63. The van der Waals surface area contributed by atoms with Gasteiger partial charge in [-0.05, 0) is 25.5 Å². The highest BCUT2D eigenvalue weighted by Crippen LogP contribution is 2.27. The quantitative estimate of drug-likeness (QED) is 0.721. The number of nitrogens with zero attached hydrogens (tertiary/aromatic N) is 1. The number of benzene rings is 1. The molecule has 1 saturated heterocycles. The number of hydrogen-bond donors (Lipinski definition) is 3. The van der Waals surface area contributed by atoms with Gasteiger partial charge in [-0.1, -0.05) is 6.07 Å². The average molecular weight is 294 g/mol. The van der Waals surface area contributed by atoms with Gasteiger partial charge in [-0.25, -0.2) is 9.59 Å². The van der Waals surface area contributed by atoms with E-state index < -0.39 is 11.7 Å². The summed E-state index contributed by atoms with van der Waals surface area (Å²) in [6, 6.07) is 3.81. The lowest BCUT2D eigenvalue weighted by atomic mass is 10.1. The van der Waals surface area contributed by atoms with Crippen LogP contribution in [-0.2, 0) is 4.74 Å². The lowest BCUT2D eigenvalue weighted by molar-refractivity contribution is 0.0693. The van der Waals surface area contributed by atoms with Crippen LogP contribution in [0.15, 0.2) is 18.2 Å². The zero-order chi connectivity index (χ0) is 15.4. The predicted molar refractivity (Wildman–Crippen MR) is 75.7 cm³/mol. The number of carboxylic acids is 1. The Morgan fingerprint density at radius 1 is 1.43 bits per heavy atom. The zero-order valence-corrected chi connectivity index (χ0v) is 11.7. The van der Waals surface area contributed by atoms with Crippen molar-refractivity contribution in [3.05, 3.63) is 23.8 Å². The van der Waals surface area contributed by atoms with Crippen LogP contribution >= 0.6 is 0 Å². The summed E-state index contributed by atoms with van der Waals surface area (Å²) in [4.78, 5) is 24.7. The second-order valence-corrected chi connectivity index (χ2v) is 4.92. The first-order valence-electron chi connectivity index (χ1n) is 6.72. The predicted octanol–water partition coefficient (Wildman–Crippen LogP) is 1.73. The summed E-state index contributed by atoms with van der Waals surface area (Å²) in [6.45, 7) is 3.49. The number of amides is 2. The zero-order valence-electron chi connectivity index (χ0n) is 11.7. The van der Waals surface area contributed by atoms with E-state index in [2.05, 4.69) is 5.32 Å². The van der Waals surface area contributed by atoms with Gasteiger partial charge in [-0.15, -0.1) is 0 Å².